The Kier molecular flexibility index (Phi) is 7.30. The molecule has 1 aliphatic heterocycles. The second kappa shape index (κ2) is 8.47. The van der Waals surface area contributed by atoms with Gasteiger partial charge in [0.15, 0.2) is 0 Å². The maximum absolute atomic E-state index is 8.73. The van der Waals surface area contributed by atoms with E-state index in [1.54, 1.807) is 0 Å². The number of amidine groups is 1. The van der Waals surface area contributed by atoms with Gasteiger partial charge in [-0.05, 0) is 45.3 Å². The summed E-state index contributed by atoms with van der Waals surface area (Å²) < 4.78 is 0. The Morgan fingerprint density at radius 1 is 1.45 bits per heavy atom. The molecule has 1 atom stereocenters. The summed E-state index contributed by atoms with van der Waals surface area (Å²) in [5.74, 6) is 0.329. The van der Waals surface area contributed by atoms with Gasteiger partial charge in [-0.2, -0.15) is 0 Å². The zero-order chi connectivity index (χ0) is 15.0. The third-order valence-electron chi connectivity index (χ3n) is 4.49. The van der Waals surface area contributed by atoms with E-state index in [2.05, 4.69) is 22.3 Å². The minimum Gasteiger partial charge on any atom is -0.409 e. The van der Waals surface area contributed by atoms with Gasteiger partial charge in [-0.15, -0.1) is 0 Å². The molecule has 1 saturated heterocycles. The van der Waals surface area contributed by atoms with E-state index in [4.69, 9.17) is 10.9 Å². The summed E-state index contributed by atoms with van der Waals surface area (Å²) in [6, 6.07) is 0.730. The molecule has 1 fully saturated rings. The fraction of sp³-hybridized carbons (Fsp3) is 0.933. The lowest BCUT2D eigenvalue weighted by Gasteiger charge is -2.24. The maximum atomic E-state index is 8.73. The molecule has 1 rings (SSSR count). The van der Waals surface area contributed by atoms with E-state index >= 15 is 0 Å². The molecule has 0 aromatic rings. The number of hydrogen-bond donors (Lipinski definition) is 3. The first-order valence-corrected chi connectivity index (χ1v) is 7.94. The molecule has 1 aliphatic rings. The molecule has 1 heterocycles. The third kappa shape index (κ3) is 5.29. The van der Waals surface area contributed by atoms with Crippen LogP contribution in [0.5, 0.6) is 0 Å². The van der Waals surface area contributed by atoms with E-state index in [9.17, 15) is 0 Å². The van der Waals surface area contributed by atoms with Crippen LogP contribution in [0.3, 0.4) is 0 Å². The van der Waals surface area contributed by atoms with Crippen LogP contribution in [-0.4, -0.2) is 48.2 Å². The minimum atomic E-state index is -0.209. The smallest absolute Gasteiger partial charge is 0.144 e. The Morgan fingerprint density at radius 3 is 2.85 bits per heavy atom. The summed E-state index contributed by atoms with van der Waals surface area (Å²) in [6.07, 6.45) is 5.86. The van der Waals surface area contributed by atoms with Gasteiger partial charge in [-0.25, -0.2) is 0 Å². The highest BCUT2D eigenvalue weighted by Crippen LogP contribution is 2.23. The highest BCUT2D eigenvalue weighted by atomic mass is 16.4. The van der Waals surface area contributed by atoms with Crippen LogP contribution in [-0.2, 0) is 0 Å². The van der Waals surface area contributed by atoms with Gasteiger partial charge in [0, 0.05) is 18.0 Å². The first-order chi connectivity index (χ1) is 9.51. The number of likely N-dealkylation sites (tertiary alicyclic amines) is 1. The van der Waals surface area contributed by atoms with Crippen LogP contribution in [0.25, 0.3) is 0 Å². The molecule has 0 bridgehead atoms. The molecule has 5 heteroatoms. The summed E-state index contributed by atoms with van der Waals surface area (Å²) >= 11 is 0. The molecule has 20 heavy (non-hydrogen) atoms. The van der Waals surface area contributed by atoms with E-state index in [1.807, 2.05) is 13.8 Å². The number of likely N-dealkylation sites (N-methyl/N-ethyl adjacent to an activating group) is 1. The van der Waals surface area contributed by atoms with Gasteiger partial charge in [0.2, 0.25) is 0 Å². The Hall–Kier alpha value is -0.810. The van der Waals surface area contributed by atoms with Crippen molar-refractivity contribution < 1.29 is 5.21 Å². The van der Waals surface area contributed by atoms with Crippen LogP contribution in [0, 0.1) is 5.41 Å². The Balaban J connectivity index is 2.08. The Bertz CT molecular complexity index is 304. The molecule has 118 valence electrons. The van der Waals surface area contributed by atoms with E-state index in [-0.39, 0.29) is 5.41 Å². The van der Waals surface area contributed by atoms with Crippen molar-refractivity contribution in [3.8, 4) is 0 Å². The van der Waals surface area contributed by atoms with Crippen molar-refractivity contribution in [2.75, 3.05) is 26.2 Å². The molecule has 0 aromatic heterocycles. The highest BCUT2D eigenvalue weighted by Gasteiger charge is 2.23. The van der Waals surface area contributed by atoms with Gasteiger partial charge in [0.05, 0.1) is 0 Å². The average Bonchev–Trinajstić information content (AvgIpc) is 2.89. The van der Waals surface area contributed by atoms with Crippen LogP contribution in [0.15, 0.2) is 5.16 Å². The molecule has 4 N–H and O–H groups in total. The van der Waals surface area contributed by atoms with Gasteiger partial charge < -0.3 is 16.3 Å². The highest BCUT2D eigenvalue weighted by molar-refractivity contribution is 5.85. The molecule has 5 nitrogen and oxygen atoms in total. The van der Waals surface area contributed by atoms with Crippen molar-refractivity contribution >= 4 is 5.84 Å². The van der Waals surface area contributed by atoms with Crippen molar-refractivity contribution in [1.82, 2.24) is 10.2 Å². The zero-order valence-corrected chi connectivity index (χ0v) is 13.4. The summed E-state index contributed by atoms with van der Waals surface area (Å²) in [6.45, 7) is 10.9. The first-order valence-electron chi connectivity index (χ1n) is 7.94. The predicted molar refractivity (Wildman–Crippen MR) is 84.2 cm³/mol. The van der Waals surface area contributed by atoms with Crippen molar-refractivity contribution in [1.29, 1.82) is 0 Å². The maximum Gasteiger partial charge on any atom is 0.144 e. The van der Waals surface area contributed by atoms with Gasteiger partial charge in [-0.1, -0.05) is 32.3 Å². The largest absolute Gasteiger partial charge is 0.409 e. The number of hydrogen-bond acceptors (Lipinski definition) is 4. The molecule has 0 radical (unpaired) electrons. The number of oxime groups is 1. The number of unbranched alkanes of at least 4 members (excludes halogenated alkanes) is 1. The van der Waals surface area contributed by atoms with E-state index in [0.29, 0.717) is 5.84 Å². The second-order valence-corrected chi connectivity index (χ2v) is 6.45. The average molecular weight is 284 g/mol. The van der Waals surface area contributed by atoms with Gasteiger partial charge in [-0.3, -0.25) is 4.90 Å². The number of rotatable bonds is 9. The summed E-state index contributed by atoms with van der Waals surface area (Å²) in [5, 5.41) is 15.4. The van der Waals surface area contributed by atoms with Crippen molar-refractivity contribution in [3.05, 3.63) is 0 Å². The lowest BCUT2D eigenvalue weighted by Crippen LogP contribution is -2.38. The molecule has 1 unspecified atom stereocenters. The molecule has 0 spiro atoms. The standard InChI is InChI=1S/C15H32N4O/c1-4-19-11-7-8-13(19)12-17-10-6-5-9-15(2,3)14(16)18-20/h13,17,20H,4-12H2,1-3H3,(H2,16,18). The number of nitrogens with zero attached hydrogens (tertiary/aromatic N) is 2. The molecular weight excluding hydrogens is 252 g/mol. The van der Waals surface area contributed by atoms with Crippen LogP contribution in [0.1, 0.15) is 52.9 Å². The topological polar surface area (TPSA) is 73.9 Å². The summed E-state index contributed by atoms with van der Waals surface area (Å²) in [7, 11) is 0. The molecule has 0 saturated carbocycles. The van der Waals surface area contributed by atoms with Crippen LogP contribution in [0.4, 0.5) is 0 Å². The van der Waals surface area contributed by atoms with E-state index in [1.165, 1.54) is 25.9 Å². The van der Waals surface area contributed by atoms with Crippen LogP contribution < -0.4 is 11.1 Å². The Labute approximate surface area is 123 Å². The van der Waals surface area contributed by atoms with Crippen LogP contribution >= 0.6 is 0 Å². The van der Waals surface area contributed by atoms with E-state index < -0.39 is 0 Å². The third-order valence-corrected chi connectivity index (χ3v) is 4.49. The van der Waals surface area contributed by atoms with Gasteiger partial charge in [0.1, 0.15) is 5.84 Å². The SMILES string of the molecule is CCN1CCCC1CNCCCCC(C)(C)C(N)=NO. The quantitative estimate of drug-likeness (QED) is 0.199. The zero-order valence-electron chi connectivity index (χ0n) is 13.4. The Morgan fingerprint density at radius 2 is 2.20 bits per heavy atom. The predicted octanol–water partition coefficient (Wildman–Crippen LogP) is 2.00. The van der Waals surface area contributed by atoms with Gasteiger partial charge >= 0.3 is 0 Å². The second-order valence-electron chi connectivity index (χ2n) is 6.45. The first kappa shape index (κ1) is 17.2. The van der Waals surface area contributed by atoms with E-state index in [0.717, 1.165) is 38.4 Å². The van der Waals surface area contributed by atoms with Gasteiger partial charge in [0.25, 0.3) is 0 Å². The normalized spacial score (nSPS) is 21.6. The number of nitrogens with one attached hydrogen (secondary N) is 1. The van der Waals surface area contributed by atoms with Crippen molar-refractivity contribution in [2.24, 2.45) is 16.3 Å². The lowest BCUT2D eigenvalue weighted by atomic mass is 9.86. The van der Waals surface area contributed by atoms with Crippen molar-refractivity contribution in [2.45, 2.75) is 58.9 Å². The fourth-order valence-electron chi connectivity index (χ4n) is 2.89. The van der Waals surface area contributed by atoms with Crippen molar-refractivity contribution in [3.63, 3.8) is 0 Å². The minimum absolute atomic E-state index is 0.209. The number of nitrogens with two attached hydrogens (primary N) is 1. The molecular formula is C15H32N4O. The summed E-state index contributed by atoms with van der Waals surface area (Å²) in [4.78, 5) is 2.56. The fourth-order valence-corrected chi connectivity index (χ4v) is 2.89. The monoisotopic (exact) mass is 284 g/mol. The lowest BCUT2D eigenvalue weighted by molar-refractivity contribution is 0.259. The molecule has 0 amide bonds. The summed E-state index contributed by atoms with van der Waals surface area (Å²) in [5.41, 5.74) is 5.47. The van der Waals surface area contributed by atoms with Crippen LogP contribution in [0.2, 0.25) is 0 Å². The molecule has 0 aromatic carbocycles. The molecule has 0 aliphatic carbocycles.